The molecule has 0 spiro atoms. The van der Waals surface area contributed by atoms with Crippen molar-refractivity contribution in [3.05, 3.63) is 47.4 Å². The van der Waals surface area contributed by atoms with E-state index in [0.717, 1.165) is 0 Å². The highest BCUT2D eigenvalue weighted by Crippen LogP contribution is 2.25. The summed E-state index contributed by atoms with van der Waals surface area (Å²) in [4.78, 5) is 4.02. The van der Waals surface area contributed by atoms with Crippen LogP contribution in [0.15, 0.2) is 36.5 Å². The van der Waals surface area contributed by atoms with Crippen LogP contribution >= 0.6 is 11.6 Å². The number of sulfonamides is 2. The minimum absolute atomic E-state index is 0.0208. The molecule has 2 unspecified atom stereocenters. The quantitative estimate of drug-likeness (QED) is 0.527. The molecule has 1 aromatic carbocycles. The summed E-state index contributed by atoms with van der Waals surface area (Å²) in [5.74, 6) is 0.0688. The van der Waals surface area contributed by atoms with Crippen LogP contribution < -0.4 is 14.6 Å². The average Bonchev–Trinajstić information content (AvgIpc) is 2.79. The topological polar surface area (TPSA) is 138 Å². The molecule has 1 aromatic heterocycles. The van der Waals surface area contributed by atoms with E-state index in [1.165, 1.54) is 19.2 Å². The molecule has 2 aromatic rings. The third kappa shape index (κ3) is 9.43. The van der Waals surface area contributed by atoms with Crippen molar-refractivity contribution in [1.29, 1.82) is 0 Å². The van der Waals surface area contributed by atoms with Gasteiger partial charge in [0.15, 0.2) is 5.82 Å². The zero-order valence-corrected chi connectivity index (χ0v) is 21.3. The Morgan fingerprint density at radius 1 is 1.21 bits per heavy atom. The summed E-state index contributed by atoms with van der Waals surface area (Å²) in [6, 6.07) is 7.87. The Balaban J connectivity index is 0.000000604. The van der Waals surface area contributed by atoms with Crippen molar-refractivity contribution < 1.29 is 30.7 Å². The predicted octanol–water partition coefficient (Wildman–Crippen LogP) is 2.56. The molecular weight excluding hydrogens is 509 g/mol. The van der Waals surface area contributed by atoms with Gasteiger partial charge in [0.1, 0.15) is 11.4 Å². The summed E-state index contributed by atoms with van der Waals surface area (Å²) in [5.41, 5.74) is 0.821. The SMILES string of the molecule is CCS(=O)(=O)NC1CCOCC1COc1ccc(-c2ncc(Cl)cc2F)cc1.CCS(N)(=O)=O. The number of halogens is 2. The number of nitrogens with zero attached hydrogens (tertiary/aromatic N) is 1. The van der Waals surface area contributed by atoms with Crippen LogP contribution in [0.5, 0.6) is 5.75 Å². The smallest absolute Gasteiger partial charge is 0.211 e. The molecule has 1 fully saturated rings. The maximum Gasteiger partial charge on any atom is 0.211 e. The summed E-state index contributed by atoms with van der Waals surface area (Å²) in [6.45, 7) is 4.35. The lowest BCUT2D eigenvalue weighted by molar-refractivity contribution is 0.0186. The van der Waals surface area contributed by atoms with E-state index in [0.29, 0.717) is 37.6 Å². The van der Waals surface area contributed by atoms with Gasteiger partial charge in [0.05, 0.1) is 29.7 Å². The summed E-state index contributed by atoms with van der Waals surface area (Å²) in [7, 11) is -6.45. The molecule has 1 aliphatic heterocycles. The Bertz CT molecular complexity index is 1150. The molecule has 0 amide bonds. The van der Waals surface area contributed by atoms with Crippen molar-refractivity contribution in [1.82, 2.24) is 9.71 Å². The highest BCUT2D eigenvalue weighted by molar-refractivity contribution is 7.89. The number of pyridine rings is 1. The van der Waals surface area contributed by atoms with Crippen LogP contribution in [0.2, 0.25) is 5.02 Å². The minimum Gasteiger partial charge on any atom is -0.493 e. The summed E-state index contributed by atoms with van der Waals surface area (Å²) >= 11 is 5.73. The molecule has 34 heavy (non-hydrogen) atoms. The van der Waals surface area contributed by atoms with Crippen molar-refractivity contribution in [2.75, 3.05) is 31.3 Å². The van der Waals surface area contributed by atoms with Crippen LogP contribution in [0.3, 0.4) is 0 Å². The van der Waals surface area contributed by atoms with Gasteiger partial charge in [-0.1, -0.05) is 11.6 Å². The maximum atomic E-state index is 14.0. The third-order valence-electron chi connectivity index (χ3n) is 4.99. The number of aromatic nitrogens is 1. The monoisotopic (exact) mass is 537 g/mol. The molecule has 13 heteroatoms. The third-order valence-corrected chi connectivity index (χ3v) is 7.42. The minimum atomic E-state index is -3.29. The predicted molar refractivity (Wildman–Crippen MR) is 129 cm³/mol. The fourth-order valence-electron chi connectivity index (χ4n) is 2.97. The number of ether oxygens (including phenoxy) is 2. The zero-order valence-electron chi connectivity index (χ0n) is 18.9. The first-order valence-electron chi connectivity index (χ1n) is 10.6. The van der Waals surface area contributed by atoms with Crippen molar-refractivity contribution in [2.24, 2.45) is 11.1 Å². The van der Waals surface area contributed by atoms with Crippen LogP contribution in [0, 0.1) is 11.7 Å². The van der Waals surface area contributed by atoms with E-state index in [9.17, 15) is 21.2 Å². The van der Waals surface area contributed by atoms with Crippen molar-refractivity contribution >= 4 is 31.6 Å². The first-order chi connectivity index (χ1) is 15.9. The number of nitrogens with one attached hydrogen (secondary N) is 1. The molecule has 0 radical (unpaired) electrons. The second-order valence-corrected chi connectivity index (χ2v) is 11.9. The van der Waals surface area contributed by atoms with Gasteiger partial charge in [-0.15, -0.1) is 0 Å². The highest BCUT2D eigenvalue weighted by Gasteiger charge is 2.29. The molecule has 0 bridgehead atoms. The molecule has 1 saturated heterocycles. The summed E-state index contributed by atoms with van der Waals surface area (Å²) in [6.07, 6.45) is 2.00. The van der Waals surface area contributed by atoms with E-state index in [-0.39, 0.29) is 34.2 Å². The number of primary sulfonamides is 1. The fraction of sp³-hybridized carbons (Fsp3) is 0.476. The molecule has 3 N–H and O–H groups in total. The molecule has 2 heterocycles. The van der Waals surface area contributed by atoms with Gasteiger partial charge in [-0.2, -0.15) is 0 Å². The van der Waals surface area contributed by atoms with Gasteiger partial charge >= 0.3 is 0 Å². The van der Waals surface area contributed by atoms with E-state index < -0.39 is 25.9 Å². The molecule has 0 saturated carbocycles. The Labute approximate surface area is 204 Å². The molecule has 0 aliphatic carbocycles. The molecule has 9 nitrogen and oxygen atoms in total. The standard InChI is InChI=1S/C19H22ClFN2O4S.C2H7NO2S/c1-2-28(24,25)23-18-7-8-26-11-14(18)12-27-16-5-3-13(4-6-16)19-17(21)9-15(20)10-22-19;1-2-6(3,4)5/h3-6,9-10,14,18,23H,2,7-8,11-12H2,1H3;2H2,1H3,(H2,3,4,5). The Kier molecular flexibility index (Phi) is 10.7. The van der Waals surface area contributed by atoms with Gasteiger partial charge < -0.3 is 9.47 Å². The van der Waals surface area contributed by atoms with Gasteiger partial charge in [-0.25, -0.2) is 31.1 Å². The second-order valence-electron chi connectivity index (χ2n) is 7.52. The van der Waals surface area contributed by atoms with E-state index in [1.54, 1.807) is 31.2 Å². The van der Waals surface area contributed by atoms with E-state index >= 15 is 0 Å². The first-order valence-corrected chi connectivity index (χ1v) is 14.3. The van der Waals surface area contributed by atoms with E-state index in [4.69, 9.17) is 21.1 Å². The lowest BCUT2D eigenvalue weighted by Gasteiger charge is -2.31. The Morgan fingerprint density at radius 2 is 1.85 bits per heavy atom. The van der Waals surface area contributed by atoms with Crippen LogP contribution in [0.4, 0.5) is 4.39 Å². The zero-order chi connectivity index (χ0) is 25.4. The Morgan fingerprint density at radius 3 is 2.41 bits per heavy atom. The van der Waals surface area contributed by atoms with Gasteiger partial charge in [0.2, 0.25) is 20.0 Å². The van der Waals surface area contributed by atoms with Crippen LogP contribution in [-0.4, -0.2) is 59.2 Å². The molecule has 2 atom stereocenters. The van der Waals surface area contributed by atoms with E-state index in [1.807, 2.05) is 0 Å². The summed E-state index contributed by atoms with van der Waals surface area (Å²) < 4.78 is 71.3. The fourth-order valence-corrected chi connectivity index (χ4v) is 4.05. The van der Waals surface area contributed by atoms with Gasteiger partial charge in [0.25, 0.3) is 0 Å². The highest BCUT2D eigenvalue weighted by atomic mass is 35.5. The van der Waals surface area contributed by atoms with Crippen molar-refractivity contribution in [3.8, 4) is 17.0 Å². The van der Waals surface area contributed by atoms with Crippen LogP contribution in [0.1, 0.15) is 20.3 Å². The van der Waals surface area contributed by atoms with Crippen LogP contribution in [-0.2, 0) is 24.8 Å². The largest absolute Gasteiger partial charge is 0.493 e. The molecule has 190 valence electrons. The maximum absolute atomic E-state index is 14.0. The van der Waals surface area contributed by atoms with Gasteiger partial charge in [0, 0.05) is 30.3 Å². The van der Waals surface area contributed by atoms with Gasteiger partial charge in [-0.3, -0.25) is 4.98 Å². The van der Waals surface area contributed by atoms with Crippen LogP contribution in [0.25, 0.3) is 11.3 Å². The van der Waals surface area contributed by atoms with E-state index in [2.05, 4.69) is 14.8 Å². The van der Waals surface area contributed by atoms with Gasteiger partial charge in [-0.05, 0) is 50.6 Å². The number of rotatable bonds is 8. The Hall–Kier alpha value is -1.83. The number of nitrogens with two attached hydrogens (primary N) is 1. The first kappa shape index (κ1) is 28.4. The second kappa shape index (κ2) is 12.8. The molecule has 3 rings (SSSR count). The lowest BCUT2D eigenvalue weighted by Crippen LogP contribution is -2.47. The number of benzene rings is 1. The number of hydrogen-bond acceptors (Lipinski definition) is 7. The molecular formula is C21H29ClFN3O6S2. The lowest BCUT2D eigenvalue weighted by atomic mass is 9.98. The van der Waals surface area contributed by atoms with Crippen molar-refractivity contribution in [2.45, 2.75) is 26.3 Å². The molecule has 1 aliphatic rings. The average molecular weight is 538 g/mol. The summed E-state index contributed by atoms with van der Waals surface area (Å²) in [5, 5.41) is 4.75. The van der Waals surface area contributed by atoms with Crippen molar-refractivity contribution in [3.63, 3.8) is 0 Å². The normalized spacial score (nSPS) is 18.6. The number of hydrogen-bond donors (Lipinski definition) is 2.